The third kappa shape index (κ3) is 9.81. The molecule has 2 aliphatic heterocycles. The van der Waals surface area contributed by atoms with Gasteiger partial charge in [-0.1, -0.05) is 36.4 Å². The van der Waals surface area contributed by atoms with Gasteiger partial charge in [-0.05, 0) is 111 Å². The smallest absolute Gasteiger partial charge is 0.338 e. The van der Waals surface area contributed by atoms with Crippen molar-refractivity contribution in [3.8, 4) is 22.6 Å². The molecule has 3 aromatic carbocycles. The standard InChI is InChI=1S/C40H46O8/c1-3-5-7-9-11-25-43-33-21-17-30(18-22-33)29-13-15-31(16-14-29)39(41)47-35-27-45-38-36(28-46-37(35)38)48-40(42)32-19-23-34(24-20-32)44-26-12-10-8-6-4-2/h3-4,13-24,35-38H,1-2,5-12,25-28H2/t35-,36+,37+,38+/m1/s1. The Hall–Kier alpha value is -4.40. The Morgan fingerprint density at radius 3 is 1.42 bits per heavy atom. The normalized spacial score (nSPS) is 19.7. The van der Waals surface area contributed by atoms with Gasteiger partial charge in [0.1, 0.15) is 23.7 Å². The van der Waals surface area contributed by atoms with E-state index in [2.05, 4.69) is 13.2 Å². The molecule has 48 heavy (non-hydrogen) atoms. The molecule has 2 aliphatic rings. The third-order valence-electron chi connectivity index (χ3n) is 8.52. The molecule has 0 unspecified atom stereocenters. The van der Waals surface area contributed by atoms with Crippen LogP contribution in [0, 0.1) is 0 Å². The predicted molar refractivity (Wildman–Crippen MR) is 185 cm³/mol. The maximum absolute atomic E-state index is 13.0. The summed E-state index contributed by atoms with van der Waals surface area (Å²) in [4.78, 5) is 25.9. The Bertz CT molecular complexity index is 1460. The highest BCUT2D eigenvalue weighted by molar-refractivity contribution is 5.90. The van der Waals surface area contributed by atoms with E-state index in [1.807, 2.05) is 48.6 Å². The first-order valence-electron chi connectivity index (χ1n) is 17.0. The molecule has 0 amide bonds. The largest absolute Gasteiger partial charge is 0.494 e. The topological polar surface area (TPSA) is 89.5 Å². The quantitative estimate of drug-likeness (QED) is 0.0727. The van der Waals surface area contributed by atoms with Crippen LogP contribution in [0.15, 0.2) is 98.1 Å². The van der Waals surface area contributed by atoms with Crippen molar-refractivity contribution in [1.29, 1.82) is 0 Å². The molecule has 3 aromatic rings. The highest BCUT2D eigenvalue weighted by atomic mass is 16.7. The highest BCUT2D eigenvalue weighted by Crippen LogP contribution is 2.32. The second-order valence-corrected chi connectivity index (χ2v) is 12.1. The van der Waals surface area contributed by atoms with E-state index in [0.29, 0.717) is 30.1 Å². The maximum atomic E-state index is 13.0. The van der Waals surface area contributed by atoms with Gasteiger partial charge in [0.2, 0.25) is 0 Å². The van der Waals surface area contributed by atoms with Crippen molar-refractivity contribution in [2.24, 2.45) is 0 Å². The van der Waals surface area contributed by atoms with E-state index in [4.69, 9.17) is 28.4 Å². The van der Waals surface area contributed by atoms with Gasteiger partial charge in [0, 0.05) is 0 Å². The Labute approximate surface area is 283 Å². The van der Waals surface area contributed by atoms with Crippen LogP contribution in [-0.2, 0) is 18.9 Å². The molecule has 2 heterocycles. The molecule has 0 radical (unpaired) electrons. The van der Waals surface area contributed by atoms with E-state index in [0.717, 1.165) is 68.2 Å². The first-order valence-corrected chi connectivity index (χ1v) is 17.0. The summed E-state index contributed by atoms with van der Waals surface area (Å²) in [7, 11) is 0. The fourth-order valence-corrected chi connectivity index (χ4v) is 5.79. The minimum atomic E-state index is -0.603. The van der Waals surface area contributed by atoms with Gasteiger partial charge < -0.3 is 28.4 Å². The summed E-state index contributed by atoms with van der Waals surface area (Å²) in [6.07, 6.45) is 10.1. The summed E-state index contributed by atoms with van der Waals surface area (Å²) in [5, 5.41) is 0. The van der Waals surface area contributed by atoms with E-state index in [-0.39, 0.29) is 13.2 Å². The number of rotatable bonds is 19. The molecule has 4 atom stereocenters. The van der Waals surface area contributed by atoms with Crippen LogP contribution in [0.4, 0.5) is 0 Å². The van der Waals surface area contributed by atoms with Crippen molar-refractivity contribution >= 4 is 11.9 Å². The van der Waals surface area contributed by atoms with Crippen molar-refractivity contribution in [2.45, 2.75) is 75.8 Å². The lowest BCUT2D eigenvalue weighted by molar-refractivity contribution is -0.0287. The molecule has 2 fully saturated rings. The van der Waals surface area contributed by atoms with Gasteiger partial charge in [-0.2, -0.15) is 0 Å². The van der Waals surface area contributed by atoms with Gasteiger partial charge in [-0.3, -0.25) is 0 Å². The van der Waals surface area contributed by atoms with Gasteiger partial charge in [-0.15, -0.1) is 13.2 Å². The first-order chi connectivity index (χ1) is 23.6. The monoisotopic (exact) mass is 654 g/mol. The number of ether oxygens (including phenoxy) is 6. The highest BCUT2D eigenvalue weighted by Gasteiger charge is 2.51. The van der Waals surface area contributed by atoms with E-state index in [1.54, 1.807) is 36.4 Å². The van der Waals surface area contributed by atoms with Crippen LogP contribution in [0.2, 0.25) is 0 Å². The lowest BCUT2D eigenvalue weighted by atomic mass is 10.0. The maximum Gasteiger partial charge on any atom is 0.338 e. The molecule has 0 saturated carbocycles. The number of hydrogen-bond donors (Lipinski definition) is 0. The summed E-state index contributed by atoms with van der Waals surface area (Å²) < 4.78 is 34.9. The SMILES string of the molecule is C=CCCCCCOc1ccc(C(=O)O[C@H]2CO[C@@H]3[C@H]2OC[C@H]3OC(=O)c2ccc(-c3ccc(OCCCCCC=C)cc3)cc2)cc1. The number of fused-ring (bicyclic) bond motifs is 1. The van der Waals surface area contributed by atoms with Gasteiger partial charge in [0.15, 0.2) is 12.2 Å². The van der Waals surface area contributed by atoms with Gasteiger partial charge in [-0.25, -0.2) is 9.59 Å². The number of esters is 2. The van der Waals surface area contributed by atoms with Crippen molar-refractivity contribution in [3.63, 3.8) is 0 Å². The zero-order chi connectivity index (χ0) is 33.6. The molecule has 0 spiro atoms. The van der Waals surface area contributed by atoms with E-state index in [9.17, 15) is 9.59 Å². The van der Waals surface area contributed by atoms with Crippen molar-refractivity contribution < 1.29 is 38.0 Å². The van der Waals surface area contributed by atoms with Crippen molar-refractivity contribution in [2.75, 3.05) is 26.4 Å². The minimum Gasteiger partial charge on any atom is -0.494 e. The average molecular weight is 655 g/mol. The molecule has 0 aliphatic carbocycles. The lowest BCUT2D eigenvalue weighted by Crippen LogP contribution is -2.36. The predicted octanol–water partition coefficient (Wildman–Crippen LogP) is 8.15. The van der Waals surface area contributed by atoms with Crippen LogP contribution in [-0.4, -0.2) is 62.8 Å². The number of carbonyl (C=O) groups is 2. The zero-order valence-electron chi connectivity index (χ0n) is 27.6. The van der Waals surface area contributed by atoms with Gasteiger partial charge >= 0.3 is 11.9 Å². The van der Waals surface area contributed by atoms with Crippen LogP contribution in [0.3, 0.4) is 0 Å². The molecule has 5 rings (SSSR count). The van der Waals surface area contributed by atoms with Crippen molar-refractivity contribution in [1.82, 2.24) is 0 Å². The molecule has 0 N–H and O–H groups in total. The average Bonchev–Trinajstić information content (AvgIpc) is 3.71. The number of hydrogen-bond acceptors (Lipinski definition) is 8. The van der Waals surface area contributed by atoms with Crippen molar-refractivity contribution in [3.05, 3.63) is 109 Å². The van der Waals surface area contributed by atoms with E-state index in [1.165, 1.54) is 0 Å². The summed E-state index contributed by atoms with van der Waals surface area (Å²) in [6.45, 7) is 9.14. The Morgan fingerprint density at radius 2 is 0.979 bits per heavy atom. The summed E-state index contributed by atoms with van der Waals surface area (Å²) in [6, 6.07) is 22.1. The Kier molecular flexibility index (Phi) is 13.3. The molecule has 0 bridgehead atoms. The molecular formula is C40H46O8. The van der Waals surface area contributed by atoms with E-state index >= 15 is 0 Å². The lowest BCUT2D eigenvalue weighted by Gasteiger charge is -2.17. The zero-order valence-corrected chi connectivity index (χ0v) is 27.6. The van der Waals surface area contributed by atoms with Crippen LogP contribution < -0.4 is 9.47 Å². The number of benzene rings is 3. The summed E-state index contributed by atoms with van der Waals surface area (Å²) >= 11 is 0. The van der Waals surface area contributed by atoms with Gasteiger partial charge in [0.05, 0.1) is 37.6 Å². The van der Waals surface area contributed by atoms with Crippen LogP contribution in [0.1, 0.15) is 72.1 Å². The number of unbranched alkanes of at least 4 members (excludes halogenated alkanes) is 6. The molecule has 0 aromatic heterocycles. The van der Waals surface area contributed by atoms with E-state index < -0.39 is 36.4 Å². The van der Waals surface area contributed by atoms with Crippen LogP contribution >= 0.6 is 0 Å². The third-order valence-corrected chi connectivity index (χ3v) is 8.52. The molecule has 8 nitrogen and oxygen atoms in total. The second-order valence-electron chi connectivity index (χ2n) is 12.1. The fourth-order valence-electron chi connectivity index (χ4n) is 5.79. The first kappa shape index (κ1) is 34.9. The van der Waals surface area contributed by atoms with Crippen LogP contribution in [0.5, 0.6) is 11.5 Å². The van der Waals surface area contributed by atoms with Crippen LogP contribution in [0.25, 0.3) is 11.1 Å². The summed E-state index contributed by atoms with van der Waals surface area (Å²) in [5.41, 5.74) is 2.85. The molecule has 254 valence electrons. The molecule has 8 heteroatoms. The fraction of sp³-hybridized carbons (Fsp3) is 0.400. The molecular weight excluding hydrogens is 608 g/mol. The number of carbonyl (C=O) groups excluding carboxylic acids is 2. The minimum absolute atomic E-state index is 0.163. The Morgan fingerprint density at radius 1 is 0.583 bits per heavy atom. The Balaban J connectivity index is 1.05. The summed E-state index contributed by atoms with van der Waals surface area (Å²) in [5.74, 6) is 0.613. The second kappa shape index (κ2) is 18.2. The van der Waals surface area contributed by atoms with Gasteiger partial charge in [0.25, 0.3) is 0 Å². The molecule has 2 saturated heterocycles. The number of allylic oxidation sites excluding steroid dienone is 2.